The van der Waals surface area contributed by atoms with Crippen LogP contribution in [-0.2, 0) is 9.53 Å². The summed E-state index contributed by atoms with van der Waals surface area (Å²) in [5.41, 5.74) is 0. The standard InChI is InChI=1S/C11H10O5S/c12-5-1-2-7-17-10(13)8-16-11(14)9-4-3-6-15-9/h3-4,6,12H,5,7-8H2. The van der Waals surface area contributed by atoms with Gasteiger partial charge in [-0.1, -0.05) is 23.6 Å². The third-order valence-electron chi connectivity index (χ3n) is 1.55. The Morgan fingerprint density at radius 1 is 1.47 bits per heavy atom. The van der Waals surface area contributed by atoms with Crippen molar-refractivity contribution in [2.24, 2.45) is 0 Å². The van der Waals surface area contributed by atoms with Crippen molar-refractivity contribution in [3.8, 4) is 11.8 Å². The van der Waals surface area contributed by atoms with Crippen molar-refractivity contribution in [1.82, 2.24) is 0 Å². The Morgan fingerprint density at radius 3 is 2.94 bits per heavy atom. The summed E-state index contributed by atoms with van der Waals surface area (Å²) >= 11 is 0.924. The molecule has 0 spiro atoms. The number of rotatable bonds is 4. The number of aliphatic hydroxyl groups excluding tert-OH is 1. The van der Waals surface area contributed by atoms with Crippen molar-refractivity contribution in [2.45, 2.75) is 0 Å². The minimum absolute atomic E-state index is 0.0582. The second-order valence-corrected chi connectivity index (χ2v) is 3.76. The van der Waals surface area contributed by atoms with Crippen molar-refractivity contribution in [3.05, 3.63) is 24.2 Å². The van der Waals surface area contributed by atoms with Crippen LogP contribution in [0, 0.1) is 11.8 Å². The monoisotopic (exact) mass is 254 g/mol. The van der Waals surface area contributed by atoms with Crippen molar-refractivity contribution in [1.29, 1.82) is 0 Å². The van der Waals surface area contributed by atoms with Crippen LogP contribution in [0.25, 0.3) is 0 Å². The Balaban J connectivity index is 2.22. The Hall–Kier alpha value is -1.71. The molecular weight excluding hydrogens is 244 g/mol. The van der Waals surface area contributed by atoms with Gasteiger partial charge in [0.15, 0.2) is 6.61 Å². The fraction of sp³-hybridized carbons (Fsp3) is 0.273. The molecular formula is C11H10O5S. The average Bonchev–Trinajstić information content (AvgIpc) is 2.85. The summed E-state index contributed by atoms with van der Waals surface area (Å²) in [5, 5.41) is 8.06. The van der Waals surface area contributed by atoms with Crippen LogP contribution in [-0.4, -0.2) is 35.2 Å². The molecule has 0 saturated carbocycles. The van der Waals surface area contributed by atoms with Gasteiger partial charge in [-0.3, -0.25) is 4.79 Å². The number of hydrogen-bond acceptors (Lipinski definition) is 6. The summed E-state index contributed by atoms with van der Waals surface area (Å²) in [6.45, 7) is -0.562. The molecule has 1 aromatic rings. The molecule has 0 bridgehead atoms. The van der Waals surface area contributed by atoms with E-state index in [0.29, 0.717) is 0 Å². The van der Waals surface area contributed by atoms with Gasteiger partial charge in [0.25, 0.3) is 0 Å². The van der Waals surface area contributed by atoms with E-state index >= 15 is 0 Å². The Morgan fingerprint density at radius 2 is 2.29 bits per heavy atom. The van der Waals surface area contributed by atoms with Crippen LogP contribution in [0.15, 0.2) is 22.8 Å². The van der Waals surface area contributed by atoms with Gasteiger partial charge < -0.3 is 14.3 Å². The minimum Gasteiger partial charge on any atom is -0.457 e. The maximum Gasteiger partial charge on any atom is 0.374 e. The first-order chi connectivity index (χ1) is 8.24. The lowest BCUT2D eigenvalue weighted by Crippen LogP contribution is -2.11. The molecule has 1 aromatic heterocycles. The van der Waals surface area contributed by atoms with Crippen LogP contribution >= 0.6 is 11.8 Å². The number of carbonyl (C=O) groups excluding carboxylic acids is 2. The lowest BCUT2D eigenvalue weighted by atomic mass is 10.5. The summed E-state index contributed by atoms with van der Waals surface area (Å²) < 4.78 is 9.50. The largest absolute Gasteiger partial charge is 0.457 e. The van der Waals surface area contributed by atoms with Gasteiger partial charge in [0.1, 0.15) is 6.61 Å². The van der Waals surface area contributed by atoms with Crippen LogP contribution in [0.4, 0.5) is 0 Å². The Bertz CT molecular complexity index is 426. The van der Waals surface area contributed by atoms with E-state index in [1.165, 1.54) is 12.3 Å². The topological polar surface area (TPSA) is 76.7 Å². The third kappa shape index (κ3) is 5.24. The lowest BCUT2D eigenvalue weighted by Gasteiger charge is -2.00. The van der Waals surface area contributed by atoms with E-state index in [4.69, 9.17) is 14.3 Å². The molecule has 0 aliphatic rings. The SMILES string of the molecule is O=C(COC(=O)c1ccco1)SCC#CCO. The number of hydrogen-bond donors (Lipinski definition) is 1. The molecule has 0 atom stereocenters. The number of esters is 1. The zero-order valence-electron chi connectivity index (χ0n) is 8.84. The minimum atomic E-state index is -0.676. The molecule has 0 aliphatic heterocycles. The van der Waals surface area contributed by atoms with E-state index in [2.05, 4.69) is 11.8 Å². The first kappa shape index (κ1) is 13.4. The molecule has 17 heavy (non-hydrogen) atoms. The molecule has 1 rings (SSSR count). The maximum absolute atomic E-state index is 11.2. The number of ether oxygens (including phenoxy) is 1. The first-order valence-electron chi connectivity index (χ1n) is 4.67. The second kappa shape index (κ2) is 7.54. The molecule has 0 aliphatic carbocycles. The summed E-state index contributed by atoms with van der Waals surface area (Å²) in [7, 11) is 0. The van der Waals surface area contributed by atoms with Gasteiger partial charge in [-0.05, 0) is 12.1 Å². The molecule has 1 N–H and O–H groups in total. The molecule has 6 heteroatoms. The average molecular weight is 254 g/mol. The van der Waals surface area contributed by atoms with Crippen molar-refractivity contribution in [3.63, 3.8) is 0 Å². The number of thioether (sulfide) groups is 1. The van der Waals surface area contributed by atoms with Gasteiger partial charge in [-0.2, -0.15) is 0 Å². The maximum atomic E-state index is 11.2. The van der Waals surface area contributed by atoms with E-state index in [1.807, 2.05) is 0 Å². The molecule has 0 saturated heterocycles. The molecule has 0 unspecified atom stereocenters. The quantitative estimate of drug-likeness (QED) is 0.629. The number of carbonyl (C=O) groups is 2. The van der Waals surface area contributed by atoms with Gasteiger partial charge in [-0.25, -0.2) is 4.79 Å². The fourth-order valence-electron chi connectivity index (χ4n) is 0.855. The highest BCUT2D eigenvalue weighted by molar-refractivity contribution is 8.13. The van der Waals surface area contributed by atoms with Crippen LogP contribution in [0.1, 0.15) is 10.6 Å². The second-order valence-electron chi connectivity index (χ2n) is 2.73. The van der Waals surface area contributed by atoms with Crippen molar-refractivity contribution < 1.29 is 23.8 Å². The van der Waals surface area contributed by atoms with Crippen LogP contribution in [0.5, 0.6) is 0 Å². The van der Waals surface area contributed by atoms with Crippen LogP contribution in [0.2, 0.25) is 0 Å². The first-order valence-corrected chi connectivity index (χ1v) is 5.65. The third-order valence-corrected chi connectivity index (χ3v) is 2.28. The molecule has 1 heterocycles. The van der Waals surface area contributed by atoms with E-state index in [9.17, 15) is 9.59 Å². The van der Waals surface area contributed by atoms with Crippen LogP contribution < -0.4 is 0 Å². The zero-order valence-corrected chi connectivity index (χ0v) is 9.66. The summed E-state index contributed by atoms with van der Waals surface area (Å²) in [5.74, 6) is 4.61. The summed E-state index contributed by atoms with van der Waals surface area (Å²) in [6, 6.07) is 3.00. The van der Waals surface area contributed by atoms with E-state index < -0.39 is 5.97 Å². The zero-order chi connectivity index (χ0) is 12.5. The Labute approximate surface area is 102 Å². The summed E-state index contributed by atoms with van der Waals surface area (Å²) in [6.07, 6.45) is 1.34. The summed E-state index contributed by atoms with van der Waals surface area (Å²) in [4.78, 5) is 22.5. The van der Waals surface area contributed by atoms with E-state index in [1.54, 1.807) is 6.07 Å². The van der Waals surface area contributed by atoms with Gasteiger partial charge >= 0.3 is 5.97 Å². The molecule has 90 valence electrons. The number of aliphatic hydroxyl groups is 1. The van der Waals surface area contributed by atoms with E-state index in [0.717, 1.165) is 11.8 Å². The predicted molar refractivity (Wildman–Crippen MR) is 61.3 cm³/mol. The van der Waals surface area contributed by atoms with Gasteiger partial charge in [0.2, 0.25) is 10.9 Å². The predicted octanol–water partition coefficient (Wildman–Crippen LogP) is 0.692. The van der Waals surface area contributed by atoms with Crippen LogP contribution in [0.3, 0.4) is 0 Å². The highest BCUT2D eigenvalue weighted by atomic mass is 32.2. The molecule has 0 fully saturated rings. The number of furan rings is 1. The molecule has 0 aromatic carbocycles. The normalized spacial score (nSPS) is 9.24. The smallest absolute Gasteiger partial charge is 0.374 e. The molecule has 5 nitrogen and oxygen atoms in total. The highest BCUT2D eigenvalue weighted by Gasteiger charge is 2.12. The van der Waals surface area contributed by atoms with Crippen molar-refractivity contribution >= 4 is 22.8 Å². The lowest BCUT2D eigenvalue weighted by molar-refractivity contribution is -0.113. The van der Waals surface area contributed by atoms with E-state index in [-0.39, 0.29) is 29.8 Å². The van der Waals surface area contributed by atoms with Crippen molar-refractivity contribution in [2.75, 3.05) is 19.0 Å². The Kier molecular flexibility index (Phi) is 5.93. The highest BCUT2D eigenvalue weighted by Crippen LogP contribution is 2.05. The van der Waals surface area contributed by atoms with Gasteiger partial charge in [0.05, 0.1) is 12.0 Å². The van der Waals surface area contributed by atoms with Gasteiger partial charge in [0, 0.05) is 0 Å². The van der Waals surface area contributed by atoms with Gasteiger partial charge in [-0.15, -0.1) is 0 Å². The fourth-order valence-corrected chi connectivity index (χ4v) is 1.33. The molecule has 0 radical (unpaired) electrons. The molecule has 0 amide bonds.